The Hall–Kier alpha value is -0.170. The molecule has 84 valence electrons. The minimum atomic E-state index is -3.35. The molecule has 14 heavy (non-hydrogen) atoms. The van der Waals surface area contributed by atoms with Crippen molar-refractivity contribution in [1.29, 1.82) is 0 Å². The van der Waals surface area contributed by atoms with Crippen molar-refractivity contribution < 1.29 is 13.2 Å². The average Bonchev–Trinajstić information content (AvgIpc) is 2.02. The van der Waals surface area contributed by atoms with E-state index in [0.29, 0.717) is 6.54 Å². The van der Waals surface area contributed by atoms with E-state index < -0.39 is 10.0 Å². The highest BCUT2D eigenvalue weighted by Gasteiger charge is 2.26. The molecule has 1 aliphatic heterocycles. The van der Waals surface area contributed by atoms with Gasteiger partial charge in [0, 0.05) is 25.3 Å². The summed E-state index contributed by atoms with van der Waals surface area (Å²) < 4.78 is 26.6. The number of primary sulfonamides is 1. The minimum Gasteiger partial charge on any atom is -0.381 e. The fourth-order valence-corrected chi connectivity index (χ4v) is 1.88. The quantitative estimate of drug-likeness (QED) is 0.667. The Morgan fingerprint density at radius 3 is 2.50 bits per heavy atom. The van der Waals surface area contributed by atoms with Crippen LogP contribution in [0.15, 0.2) is 0 Å². The van der Waals surface area contributed by atoms with Crippen LogP contribution in [0, 0.1) is 0 Å². The standard InChI is InChI=1S/C8H18N2O3S/c1-8(2-5-13-6-3-8)10-4-7-14(9,11)12/h10H,2-7H2,1H3,(H2,9,11,12). The van der Waals surface area contributed by atoms with E-state index in [-0.39, 0.29) is 11.3 Å². The van der Waals surface area contributed by atoms with Gasteiger partial charge in [0.1, 0.15) is 0 Å². The van der Waals surface area contributed by atoms with Crippen molar-refractivity contribution in [2.75, 3.05) is 25.5 Å². The molecule has 3 N–H and O–H groups in total. The summed E-state index contributed by atoms with van der Waals surface area (Å²) in [6.45, 7) is 3.96. The van der Waals surface area contributed by atoms with Gasteiger partial charge in [0.15, 0.2) is 0 Å². The summed E-state index contributed by atoms with van der Waals surface area (Å²) in [6, 6.07) is 0. The lowest BCUT2D eigenvalue weighted by Gasteiger charge is -2.34. The van der Waals surface area contributed by atoms with Crippen LogP contribution in [-0.2, 0) is 14.8 Å². The zero-order valence-electron chi connectivity index (χ0n) is 8.45. The molecule has 1 heterocycles. The van der Waals surface area contributed by atoms with E-state index in [9.17, 15) is 8.42 Å². The first-order valence-corrected chi connectivity index (χ1v) is 6.46. The molecule has 6 heteroatoms. The molecule has 0 aromatic carbocycles. The van der Waals surface area contributed by atoms with Gasteiger partial charge in [0.25, 0.3) is 0 Å². The lowest BCUT2D eigenvalue weighted by molar-refractivity contribution is 0.0461. The SMILES string of the molecule is CC1(NCCS(N)(=O)=O)CCOCC1. The van der Waals surface area contributed by atoms with Crippen molar-refractivity contribution in [3.8, 4) is 0 Å². The fourth-order valence-electron chi connectivity index (χ4n) is 1.49. The number of hydrogen-bond donors (Lipinski definition) is 2. The molecule has 0 saturated carbocycles. The molecule has 0 aromatic rings. The first-order chi connectivity index (χ1) is 6.41. The normalized spacial score (nSPS) is 22.1. The van der Waals surface area contributed by atoms with Gasteiger partial charge in [-0.15, -0.1) is 0 Å². The Balaban J connectivity index is 2.29. The Bertz CT molecular complexity index is 270. The molecule has 0 spiro atoms. The van der Waals surface area contributed by atoms with Crippen molar-refractivity contribution in [2.45, 2.75) is 25.3 Å². The third-order valence-corrected chi connectivity index (χ3v) is 3.31. The molecule has 0 radical (unpaired) electrons. The van der Waals surface area contributed by atoms with Crippen LogP contribution in [0.1, 0.15) is 19.8 Å². The van der Waals surface area contributed by atoms with Gasteiger partial charge in [-0.1, -0.05) is 0 Å². The number of nitrogens with one attached hydrogen (secondary N) is 1. The summed E-state index contributed by atoms with van der Waals surface area (Å²) in [5.74, 6) is -0.0105. The molecule has 5 nitrogen and oxygen atoms in total. The largest absolute Gasteiger partial charge is 0.381 e. The lowest BCUT2D eigenvalue weighted by Crippen LogP contribution is -2.48. The molecule has 0 aromatic heterocycles. The van der Waals surface area contributed by atoms with Gasteiger partial charge in [0.2, 0.25) is 10.0 Å². The van der Waals surface area contributed by atoms with E-state index in [2.05, 4.69) is 12.2 Å². The van der Waals surface area contributed by atoms with Gasteiger partial charge in [-0.05, 0) is 19.8 Å². The number of nitrogens with two attached hydrogens (primary N) is 1. The Labute approximate surface area is 85.1 Å². The topological polar surface area (TPSA) is 81.4 Å². The molecule has 1 rings (SSSR count). The monoisotopic (exact) mass is 222 g/mol. The van der Waals surface area contributed by atoms with E-state index >= 15 is 0 Å². The van der Waals surface area contributed by atoms with Gasteiger partial charge in [0.05, 0.1) is 5.75 Å². The molecule has 0 amide bonds. The molecule has 0 bridgehead atoms. The maximum Gasteiger partial charge on any atom is 0.210 e. The smallest absolute Gasteiger partial charge is 0.210 e. The maximum atomic E-state index is 10.7. The number of hydrogen-bond acceptors (Lipinski definition) is 4. The Morgan fingerprint density at radius 2 is 2.00 bits per heavy atom. The number of ether oxygens (including phenoxy) is 1. The maximum absolute atomic E-state index is 10.7. The van der Waals surface area contributed by atoms with E-state index in [0.717, 1.165) is 26.1 Å². The van der Waals surface area contributed by atoms with Crippen LogP contribution in [0.3, 0.4) is 0 Å². The summed E-state index contributed by atoms with van der Waals surface area (Å²) in [6.07, 6.45) is 1.83. The van der Waals surface area contributed by atoms with Crippen molar-refractivity contribution in [2.24, 2.45) is 5.14 Å². The minimum absolute atomic E-state index is 0.00292. The van der Waals surface area contributed by atoms with E-state index in [1.807, 2.05) is 0 Å². The molecule has 0 unspecified atom stereocenters. The molecule has 1 aliphatic rings. The van der Waals surface area contributed by atoms with Crippen LogP contribution in [0.25, 0.3) is 0 Å². The van der Waals surface area contributed by atoms with Gasteiger partial charge >= 0.3 is 0 Å². The number of rotatable bonds is 4. The molecule has 1 fully saturated rings. The summed E-state index contributed by atoms with van der Waals surface area (Å²) in [7, 11) is -3.35. The zero-order valence-corrected chi connectivity index (χ0v) is 9.27. The van der Waals surface area contributed by atoms with Crippen molar-refractivity contribution in [3.05, 3.63) is 0 Å². The predicted molar refractivity (Wildman–Crippen MR) is 54.4 cm³/mol. The molecule has 0 aliphatic carbocycles. The highest BCUT2D eigenvalue weighted by atomic mass is 32.2. The van der Waals surface area contributed by atoms with E-state index in [1.165, 1.54) is 0 Å². The molecule has 1 saturated heterocycles. The lowest BCUT2D eigenvalue weighted by atomic mass is 9.93. The van der Waals surface area contributed by atoms with Gasteiger partial charge in [-0.3, -0.25) is 0 Å². The van der Waals surface area contributed by atoms with Crippen LogP contribution in [0.2, 0.25) is 0 Å². The van der Waals surface area contributed by atoms with Crippen molar-refractivity contribution in [3.63, 3.8) is 0 Å². The van der Waals surface area contributed by atoms with Crippen LogP contribution in [0.4, 0.5) is 0 Å². The summed E-state index contributed by atoms with van der Waals surface area (Å²) in [5.41, 5.74) is 0.00292. The summed E-state index contributed by atoms with van der Waals surface area (Å²) in [4.78, 5) is 0. The summed E-state index contributed by atoms with van der Waals surface area (Å²) in [5, 5.41) is 8.12. The second-order valence-electron chi connectivity index (χ2n) is 3.97. The zero-order chi connectivity index (χ0) is 10.7. The first-order valence-electron chi connectivity index (χ1n) is 4.75. The van der Waals surface area contributed by atoms with Gasteiger partial charge in [-0.25, -0.2) is 13.6 Å². The van der Waals surface area contributed by atoms with Crippen LogP contribution >= 0.6 is 0 Å². The predicted octanol–water partition coefficient (Wildman–Crippen LogP) is -0.566. The second-order valence-corrected chi connectivity index (χ2v) is 5.70. The van der Waals surface area contributed by atoms with Gasteiger partial charge in [-0.2, -0.15) is 0 Å². The van der Waals surface area contributed by atoms with Crippen LogP contribution < -0.4 is 10.5 Å². The van der Waals surface area contributed by atoms with E-state index in [1.54, 1.807) is 0 Å². The fraction of sp³-hybridized carbons (Fsp3) is 1.00. The number of sulfonamides is 1. The Kier molecular flexibility index (Phi) is 3.88. The first kappa shape index (κ1) is 11.9. The average molecular weight is 222 g/mol. The Morgan fingerprint density at radius 1 is 1.43 bits per heavy atom. The highest BCUT2D eigenvalue weighted by Crippen LogP contribution is 2.19. The van der Waals surface area contributed by atoms with Crippen molar-refractivity contribution in [1.82, 2.24) is 5.32 Å². The van der Waals surface area contributed by atoms with E-state index in [4.69, 9.17) is 9.88 Å². The summed E-state index contributed by atoms with van der Waals surface area (Å²) >= 11 is 0. The van der Waals surface area contributed by atoms with Crippen LogP contribution in [0.5, 0.6) is 0 Å². The highest BCUT2D eigenvalue weighted by molar-refractivity contribution is 7.89. The third-order valence-electron chi connectivity index (χ3n) is 2.53. The molecular formula is C8H18N2O3S. The van der Waals surface area contributed by atoms with Gasteiger partial charge < -0.3 is 10.1 Å². The van der Waals surface area contributed by atoms with Crippen LogP contribution in [-0.4, -0.2) is 39.5 Å². The molecule has 0 atom stereocenters. The second kappa shape index (κ2) is 4.57. The van der Waals surface area contributed by atoms with Crippen molar-refractivity contribution >= 4 is 10.0 Å². The molecular weight excluding hydrogens is 204 g/mol. The third kappa shape index (κ3) is 4.36.